The molecule has 21 heavy (non-hydrogen) atoms. The summed E-state index contributed by atoms with van der Waals surface area (Å²) >= 11 is 9.24. The molecular weight excluding hydrogens is 352 g/mol. The predicted molar refractivity (Wildman–Crippen MR) is 91.0 cm³/mol. The standard InChI is InChI=1S/C16H22BrClN2O/c17-15-11-12(18)7-8-14(15)16(21)20-10-9-19-13-5-3-1-2-4-6-13/h7-8,11,13,19H,1-6,9-10H2,(H,20,21). The van der Waals surface area contributed by atoms with Crippen LogP contribution in [-0.4, -0.2) is 25.0 Å². The first-order chi connectivity index (χ1) is 10.2. The second-order valence-electron chi connectivity index (χ2n) is 5.52. The molecule has 1 aromatic rings. The van der Waals surface area contributed by atoms with Crippen molar-refractivity contribution in [2.45, 2.75) is 44.6 Å². The van der Waals surface area contributed by atoms with Crippen LogP contribution < -0.4 is 10.6 Å². The van der Waals surface area contributed by atoms with Gasteiger partial charge in [-0.25, -0.2) is 0 Å². The zero-order chi connectivity index (χ0) is 15.1. The lowest BCUT2D eigenvalue weighted by atomic mass is 10.1. The third kappa shape index (κ3) is 5.61. The van der Waals surface area contributed by atoms with Gasteiger partial charge in [0.15, 0.2) is 0 Å². The Balaban J connectivity index is 1.71. The van der Waals surface area contributed by atoms with Gasteiger partial charge >= 0.3 is 0 Å². The minimum Gasteiger partial charge on any atom is -0.351 e. The summed E-state index contributed by atoms with van der Waals surface area (Å²) in [7, 11) is 0. The van der Waals surface area contributed by atoms with Crippen LogP contribution in [0, 0.1) is 0 Å². The van der Waals surface area contributed by atoms with Crippen LogP contribution in [0.4, 0.5) is 0 Å². The number of hydrogen-bond acceptors (Lipinski definition) is 2. The number of carbonyl (C=O) groups excluding carboxylic acids is 1. The Kier molecular flexibility index (Phi) is 7.00. The number of rotatable bonds is 5. The summed E-state index contributed by atoms with van der Waals surface area (Å²) in [6.45, 7) is 1.46. The Morgan fingerprint density at radius 2 is 1.90 bits per heavy atom. The van der Waals surface area contributed by atoms with Crippen LogP contribution in [0.25, 0.3) is 0 Å². The van der Waals surface area contributed by atoms with E-state index in [1.54, 1.807) is 18.2 Å². The Bertz CT molecular complexity index is 473. The number of nitrogens with one attached hydrogen (secondary N) is 2. The largest absolute Gasteiger partial charge is 0.351 e. The third-order valence-electron chi connectivity index (χ3n) is 3.87. The molecule has 0 radical (unpaired) electrons. The summed E-state index contributed by atoms with van der Waals surface area (Å²) in [6, 6.07) is 5.82. The van der Waals surface area contributed by atoms with Crippen LogP contribution in [-0.2, 0) is 0 Å². The van der Waals surface area contributed by atoms with E-state index in [4.69, 9.17) is 11.6 Å². The van der Waals surface area contributed by atoms with E-state index in [1.807, 2.05) is 0 Å². The molecule has 0 heterocycles. The average molecular weight is 374 g/mol. The monoisotopic (exact) mass is 372 g/mol. The minimum atomic E-state index is -0.0683. The Labute approximate surface area is 140 Å². The first kappa shape index (κ1) is 16.8. The van der Waals surface area contributed by atoms with Crippen molar-refractivity contribution in [1.82, 2.24) is 10.6 Å². The number of carbonyl (C=O) groups is 1. The van der Waals surface area contributed by atoms with Crippen molar-refractivity contribution in [3.8, 4) is 0 Å². The summed E-state index contributed by atoms with van der Waals surface area (Å²) < 4.78 is 0.726. The molecule has 2 N–H and O–H groups in total. The summed E-state index contributed by atoms with van der Waals surface area (Å²) in [5.74, 6) is -0.0683. The lowest BCUT2D eigenvalue weighted by Crippen LogP contribution is -2.36. The second-order valence-corrected chi connectivity index (χ2v) is 6.81. The van der Waals surface area contributed by atoms with Crippen LogP contribution in [0.1, 0.15) is 48.9 Å². The SMILES string of the molecule is O=C(NCCNC1CCCCCC1)c1ccc(Cl)cc1Br. The van der Waals surface area contributed by atoms with Crippen LogP contribution in [0.2, 0.25) is 5.02 Å². The molecule has 1 aliphatic carbocycles. The maximum Gasteiger partial charge on any atom is 0.252 e. The minimum absolute atomic E-state index is 0.0683. The fourth-order valence-electron chi connectivity index (χ4n) is 2.70. The van der Waals surface area contributed by atoms with E-state index in [1.165, 1.54) is 38.5 Å². The molecule has 0 spiro atoms. The third-order valence-corrected chi connectivity index (χ3v) is 4.77. The van der Waals surface area contributed by atoms with Gasteiger partial charge in [-0.1, -0.05) is 37.3 Å². The van der Waals surface area contributed by atoms with Gasteiger partial charge in [-0.2, -0.15) is 0 Å². The average Bonchev–Trinajstić information content (AvgIpc) is 2.72. The number of halogens is 2. The number of hydrogen-bond donors (Lipinski definition) is 2. The van der Waals surface area contributed by atoms with E-state index in [-0.39, 0.29) is 5.91 Å². The fourth-order valence-corrected chi connectivity index (χ4v) is 3.57. The summed E-state index contributed by atoms with van der Waals surface area (Å²) in [5.41, 5.74) is 0.619. The molecule has 1 fully saturated rings. The van der Waals surface area contributed by atoms with Gasteiger partial charge in [-0.3, -0.25) is 4.79 Å². The van der Waals surface area contributed by atoms with E-state index in [0.717, 1.165) is 11.0 Å². The van der Waals surface area contributed by atoms with Crippen LogP contribution >= 0.6 is 27.5 Å². The highest BCUT2D eigenvalue weighted by Crippen LogP contribution is 2.21. The van der Waals surface area contributed by atoms with E-state index in [2.05, 4.69) is 26.6 Å². The molecule has 1 aliphatic rings. The molecule has 0 aromatic heterocycles. The van der Waals surface area contributed by atoms with E-state index in [9.17, 15) is 4.79 Å². The van der Waals surface area contributed by atoms with Gasteiger partial charge in [0, 0.05) is 28.6 Å². The molecule has 0 aliphatic heterocycles. The highest BCUT2D eigenvalue weighted by molar-refractivity contribution is 9.10. The van der Waals surface area contributed by atoms with Gasteiger partial charge < -0.3 is 10.6 Å². The maximum absolute atomic E-state index is 12.1. The van der Waals surface area contributed by atoms with Crippen molar-refractivity contribution in [3.63, 3.8) is 0 Å². The van der Waals surface area contributed by atoms with Gasteiger partial charge in [0.05, 0.1) is 5.56 Å². The fraction of sp³-hybridized carbons (Fsp3) is 0.562. The topological polar surface area (TPSA) is 41.1 Å². The van der Waals surface area contributed by atoms with Crippen molar-refractivity contribution >= 4 is 33.4 Å². The predicted octanol–water partition coefficient (Wildman–Crippen LogP) is 4.14. The molecule has 0 atom stereocenters. The molecule has 0 unspecified atom stereocenters. The Morgan fingerprint density at radius 3 is 2.57 bits per heavy atom. The van der Waals surface area contributed by atoms with Crippen molar-refractivity contribution < 1.29 is 4.79 Å². The molecule has 0 saturated heterocycles. The molecule has 1 amide bonds. The number of amides is 1. The first-order valence-electron chi connectivity index (χ1n) is 7.63. The molecule has 116 valence electrons. The van der Waals surface area contributed by atoms with Gasteiger partial charge in [0.2, 0.25) is 0 Å². The Morgan fingerprint density at radius 1 is 1.19 bits per heavy atom. The van der Waals surface area contributed by atoms with Crippen LogP contribution in [0.15, 0.2) is 22.7 Å². The summed E-state index contributed by atoms with van der Waals surface area (Å²) in [4.78, 5) is 12.1. The highest BCUT2D eigenvalue weighted by atomic mass is 79.9. The second kappa shape index (κ2) is 8.76. The smallest absolute Gasteiger partial charge is 0.252 e. The maximum atomic E-state index is 12.1. The zero-order valence-corrected chi connectivity index (χ0v) is 14.5. The van der Waals surface area contributed by atoms with E-state index in [0.29, 0.717) is 23.2 Å². The molecular formula is C16H22BrClN2O. The molecule has 5 heteroatoms. The van der Waals surface area contributed by atoms with Crippen LogP contribution in [0.5, 0.6) is 0 Å². The molecule has 0 bridgehead atoms. The lowest BCUT2D eigenvalue weighted by molar-refractivity contribution is 0.0952. The lowest BCUT2D eigenvalue weighted by Gasteiger charge is -2.16. The quantitative estimate of drug-likeness (QED) is 0.601. The van der Waals surface area contributed by atoms with Crippen molar-refractivity contribution in [2.75, 3.05) is 13.1 Å². The first-order valence-corrected chi connectivity index (χ1v) is 8.80. The van der Waals surface area contributed by atoms with Crippen LogP contribution in [0.3, 0.4) is 0 Å². The van der Waals surface area contributed by atoms with Crippen molar-refractivity contribution in [3.05, 3.63) is 33.3 Å². The molecule has 2 rings (SSSR count). The summed E-state index contributed by atoms with van der Waals surface area (Å²) in [6.07, 6.45) is 7.88. The normalized spacial score (nSPS) is 16.5. The zero-order valence-electron chi connectivity index (χ0n) is 12.1. The Hall–Kier alpha value is -0.580. The van der Waals surface area contributed by atoms with Crippen molar-refractivity contribution in [1.29, 1.82) is 0 Å². The van der Waals surface area contributed by atoms with Gasteiger partial charge in [-0.15, -0.1) is 0 Å². The van der Waals surface area contributed by atoms with Gasteiger partial charge in [0.25, 0.3) is 5.91 Å². The highest BCUT2D eigenvalue weighted by Gasteiger charge is 2.12. The molecule has 3 nitrogen and oxygen atoms in total. The molecule has 1 saturated carbocycles. The summed E-state index contributed by atoms with van der Waals surface area (Å²) in [5, 5.41) is 7.10. The number of benzene rings is 1. The van der Waals surface area contributed by atoms with Crippen molar-refractivity contribution in [2.24, 2.45) is 0 Å². The van der Waals surface area contributed by atoms with E-state index < -0.39 is 0 Å². The van der Waals surface area contributed by atoms with E-state index >= 15 is 0 Å². The molecule has 1 aromatic carbocycles. The van der Waals surface area contributed by atoms with Gasteiger partial charge in [-0.05, 0) is 47.0 Å². The van der Waals surface area contributed by atoms with Gasteiger partial charge in [0.1, 0.15) is 0 Å².